The topological polar surface area (TPSA) is 38.0 Å². The van der Waals surface area contributed by atoms with Gasteiger partial charge in [-0.15, -0.1) is 0 Å². The van der Waals surface area contributed by atoms with Gasteiger partial charge in [-0.25, -0.2) is 0 Å². The van der Waals surface area contributed by atoms with Crippen LogP contribution in [0.3, 0.4) is 0 Å². The molecule has 1 unspecified atom stereocenters. The van der Waals surface area contributed by atoms with Crippen molar-refractivity contribution in [1.29, 1.82) is 0 Å². The molecule has 0 fully saturated rings. The third-order valence-corrected chi connectivity index (χ3v) is 3.01. The lowest BCUT2D eigenvalue weighted by atomic mass is 9.87. The van der Waals surface area contributed by atoms with E-state index in [9.17, 15) is 0 Å². The number of hydrazine groups is 1. The van der Waals surface area contributed by atoms with E-state index < -0.39 is 0 Å². The van der Waals surface area contributed by atoms with Crippen LogP contribution in [-0.4, -0.2) is 0 Å². The van der Waals surface area contributed by atoms with Crippen molar-refractivity contribution in [1.82, 2.24) is 5.43 Å². The quantitative estimate of drug-likeness (QED) is 0.623. The van der Waals surface area contributed by atoms with Gasteiger partial charge in [-0.2, -0.15) is 0 Å². The number of hydrogen-bond donors (Lipinski definition) is 2. The van der Waals surface area contributed by atoms with Gasteiger partial charge in [-0.3, -0.25) is 11.3 Å². The minimum absolute atomic E-state index is 0.132. The first-order valence-electron chi connectivity index (χ1n) is 5.64. The largest absolute Gasteiger partial charge is 0.271 e. The lowest BCUT2D eigenvalue weighted by Crippen LogP contribution is -2.29. The molecule has 3 heteroatoms. The van der Waals surface area contributed by atoms with Crippen molar-refractivity contribution in [3.8, 4) is 0 Å². The van der Waals surface area contributed by atoms with Gasteiger partial charge in [0.25, 0.3) is 0 Å². The summed E-state index contributed by atoms with van der Waals surface area (Å²) in [6.45, 7) is 6.69. The summed E-state index contributed by atoms with van der Waals surface area (Å²) in [5.41, 5.74) is 4.24. The molecule has 0 amide bonds. The zero-order chi connectivity index (χ0) is 12.2. The van der Waals surface area contributed by atoms with E-state index in [1.54, 1.807) is 0 Å². The molecule has 0 radical (unpaired) electrons. The number of benzene rings is 1. The van der Waals surface area contributed by atoms with E-state index in [2.05, 4.69) is 26.2 Å². The molecule has 90 valence electrons. The van der Waals surface area contributed by atoms with Gasteiger partial charge in [-0.1, -0.05) is 50.6 Å². The van der Waals surface area contributed by atoms with Crippen LogP contribution in [-0.2, 0) is 0 Å². The first-order valence-corrected chi connectivity index (χ1v) is 6.02. The number of rotatable bonds is 4. The maximum atomic E-state index is 6.15. The lowest BCUT2D eigenvalue weighted by Gasteiger charge is -2.23. The molecule has 0 spiro atoms. The molecule has 2 nitrogen and oxygen atoms in total. The fourth-order valence-corrected chi connectivity index (χ4v) is 1.93. The Morgan fingerprint density at radius 2 is 1.94 bits per heavy atom. The Hall–Kier alpha value is -0.570. The van der Waals surface area contributed by atoms with Gasteiger partial charge >= 0.3 is 0 Å². The van der Waals surface area contributed by atoms with E-state index in [-0.39, 0.29) is 6.04 Å². The highest BCUT2D eigenvalue weighted by Crippen LogP contribution is 2.30. The average Bonchev–Trinajstić information content (AvgIpc) is 2.20. The predicted octanol–water partition coefficient (Wildman–Crippen LogP) is 3.67. The van der Waals surface area contributed by atoms with Gasteiger partial charge in [0.2, 0.25) is 0 Å². The standard InChI is InChI=1S/C13H21ClN2/c1-13(2,3)9-8-12(16-15)10-6-4-5-7-11(10)14/h4-7,12,16H,8-9,15H2,1-3H3. The van der Waals surface area contributed by atoms with Crippen molar-refractivity contribution in [2.75, 3.05) is 0 Å². The fraction of sp³-hybridized carbons (Fsp3) is 0.538. The van der Waals surface area contributed by atoms with Crippen molar-refractivity contribution in [3.05, 3.63) is 34.9 Å². The molecule has 0 heterocycles. The highest BCUT2D eigenvalue weighted by molar-refractivity contribution is 6.31. The Balaban J connectivity index is 2.72. The molecule has 1 aromatic rings. The second-order valence-corrected chi connectivity index (χ2v) is 5.75. The van der Waals surface area contributed by atoms with Crippen LogP contribution in [0, 0.1) is 5.41 Å². The van der Waals surface area contributed by atoms with Crippen molar-refractivity contribution in [3.63, 3.8) is 0 Å². The summed E-state index contributed by atoms with van der Waals surface area (Å²) >= 11 is 6.15. The summed E-state index contributed by atoms with van der Waals surface area (Å²) in [4.78, 5) is 0. The number of nitrogens with one attached hydrogen (secondary N) is 1. The van der Waals surface area contributed by atoms with Gasteiger partial charge in [-0.05, 0) is 29.9 Å². The van der Waals surface area contributed by atoms with Gasteiger partial charge in [0.15, 0.2) is 0 Å². The second-order valence-electron chi connectivity index (χ2n) is 5.34. The second kappa shape index (κ2) is 5.67. The Kier molecular flexibility index (Phi) is 4.78. The van der Waals surface area contributed by atoms with Crippen molar-refractivity contribution < 1.29 is 0 Å². The van der Waals surface area contributed by atoms with Crippen molar-refractivity contribution in [2.45, 2.75) is 39.7 Å². The molecular formula is C13H21ClN2. The van der Waals surface area contributed by atoms with Crippen LogP contribution >= 0.6 is 11.6 Å². The molecule has 0 aliphatic rings. The molecule has 0 aliphatic carbocycles. The molecule has 1 rings (SSSR count). The summed E-state index contributed by atoms with van der Waals surface area (Å²) in [5, 5.41) is 0.777. The normalized spacial score (nSPS) is 13.8. The number of halogens is 1. The van der Waals surface area contributed by atoms with E-state index in [0.717, 1.165) is 23.4 Å². The van der Waals surface area contributed by atoms with E-state index in [1.165, 1.54) is 0 Å². The summed E-state index contributed by atoms with van der Waals surface area (Å²) in [6, 6.07) is 7.98. The van der Waals surface area contributed by atoms with Gasteiger partial charge in [0.05, 0.1) is 0 Å². The van der Waals surface area contributed by atoms with E-state index >= 15 is 0 Å². The summed E-state index contributed by atoms with van der Waals surface area (Å²) in [5.74, 6) is 5.59. The SMILES string of the molecule is CC(C)(C)CCC(NN)c1ccccc1Cl. The van der Waals surface area contributed by atoms with Gasteiger partial charge in [0.1, 0.15) is 0 Å². The number of hydrogen-bond acceptors (Lipinski definition) is 2. The van der Waals surface area contributed by atoms with Crippen LogP contribution < -0.4 is 11.3 Å². The third-order valence-electron chi connectivity index (χ3n) is 2.66. The highest BCUT2D eigenvalue weighted by Gasteiger charge is 2.17. The van der Waals surface area contributed by atoms with E-state index in [4.69, 9.17) is 17.4 Å². The zero-order valence-corrected chi connectivity index (χ0v) is 11.0. The third kappa shape index (κ3) is 4.12. The molecule has 16 heavy (non-hydrogen) atoms. The van der Waals surface area contributed by atoms with E-state index in [0.29, 0.717) is 5.41 Å². The Bertz CT molecular complexity index is 331. The highest BCUT2D eigenvalue weighted by atomic mass is 35.5. The van der Waals surface area contributed by atoms with Crippen molar-refractivity contribution in [2.24, 2.45) is 11.3 Å². The Morgan fingerprint density at radius 1 is 1.31 bits per heavy atom. The Labute approximate surface area is 103 Å². The maximum Gasteiger partial charge on any atom is 0.0474 e. The molecule has 0 saturated heterocycles. The van der Waals surface area contributed by atoms with E-state index in [1.807, 2.05) is 24.3 Å². The zero-order valence-electron chi connectivity index (χ0n) is 10.3. The first-order chi connectivity index (χ1) is 7.44. The summed E-state index contributed by atoms with van der Waals surface area (Å²) in [7, 11) is 0. The van der Waals surface area contributed by atoms with Crippen LogP contribution in [0.5, 0.6) is 0 Å². The molecule has 0 aromatic heterocycles. The Morgan fingerprint density at radius 3 is 2.44 bits per heavy atom. The molecule has 0 saturated carbocycles. The van der Waals surface area contributed by atoms with Gasteiger partial charge in [0, 0.05) is 11.1 Å². The lowest BCUT2D eigenvalue weighted by molar-refractivity contribution is 0.333. The van der Waals surface area contributed by atoms with Crippen LogP contribution in [0.1, 0.15) is 45.2 Å². The molecule has 3 N–H and O–H groups in total. The summed E-state index contributed by atoms with van der Waals surface area (Å²) < 4.78 is 0. The monoisotopic (exact) mass is 240 g/mol. The first kappa shape index (κ1) is 13.5. The average molecular weight is 241 g/mol. The minimum Gasteiger partial charge on any atom is -0.271 e. The smallest absolute Gasteiger partial charge is 0.0474 e. The molecule has 1 atom stereocenters. The maximum absolute atomic E-state index is 6.15. The van der Waals surface area contributed by atoms with Crippen LogP contribution in [0.2, 0.25) is 5.02 Å². The molecule has 1 aromatic carbocycles. The number of nitrogens with two attached hydrogens (primary N) is 1. The van der Waals surface area contributed by atoms with Crippen LogP contribution in [0.4, 0.5) is 0 Å². The van der Waals surface area contributed by atoms with Crippen LogP contribution in [0.15, 0.2) is 24.3 Å². The van der Waals surface area contributed by atoms with Gasteiger partial charge < -0.3 is 0 Å². The predicted molar refractivity (Wildman–Crippen MR) is 70.2 cm³/mol. The fourth-order valence-electron chi connectivity index (χ4n) is 1.66. The van der Waals surface area contributed by atoms with Crippen molar-refractivity contribution >= 4 is 11.6 Å². The minimum atomic E-state index is 0.132. The van der Waals surface area contributed by atoms with Crippen LogP contribution in [0.25, 0.3) is 0 Å². The molecule has 0 bridgehead atoms. The summed E-state index contributed by atoms with van der Waals surface area (Å²) in [6.07, 6.45) is 2.09. The molecular weight excluding hydrogens is 220 g/mol. The molecule has 0 aliphatic heterocycles.